The van der Waals surface area contributed by atoms with Crippen molar-refractivity contribution in [3.8, 4) is 0 Å². The van der Waals surface area contributed by atoms with Gasteiger partial charge >= 0.3 is 23.9 Å². The predicted molar refractivity (Wildman–Crippen MR) is 133 cm³/mol. The Hall–Kier alpha value is -3.07. The normalized spacial score (nSPS) is 22.9. The first-order valence-corrected chi connectivity index (χ1v) is 13.9. The Bertz CT molecular complexity index is 1100. The zero-order valence-electron chi connectivity index (χ0n) is 22.4. The minimum atomic E-state index is -3.51. The second kappa shape index (κ2) is 14.9. The average Bonchev–Trinajstić information content (AvgIpc) is 2.80. The molecule has 39 heavy (non-hydrogen) atoms. The molecule has 0 radical (unpaired) electrons. The highest BCUT2D eigenvalue weighted by Gasteiger charge is 2.52. The molecule has 0 bridgehead atoms. The van der Waals surface area contributed by atoms with Gasteiger partial charge in [0.05, 0.1) is 19.5 Å². The molecule has 0 amide bonds. The summed E-state index contributed by atoms with van der Waals surface area (Å²) >= 11 is 0. The van der Waals surface area contributed by atoms with Crippen LogP contribution < -0.4 is 0 Å². The fourth-order valence-electron chi connectivity index (χ4n) is 3.80. The van der Waals surface area contributed by atoms with Gasteiger partial charge in [0, 0.05) is 27.7 Å². The monoisotopic (exact) mass is 574 g/mol. The number of carbonyl (C=O) groups is 4. The van der Waals surface area contributed by atoms with Gasteiger partial charge in [0.25, 0.3) is 10.1 Å². The van der Waals surface area contributed by atoms with Crippen LogP contribution in [0.4, 0.5) is 0 Å². The zero-order chi connectivity index (χ0) is 29.2. The van der Waals surface area contributed by atoms with Gasteiger partial charge in [-0.25, -0.2) is 0 Å². The summed E-state index contributed by atoms with van der Waals surface area (Å²) in [5, 5.41) is 0. The average molecular weight is 575 g/mol. The largest absolute Gasteiger partial charge is 0.463 e. The van der Waals surface area contributed by atoms with Crippen molar-refractivity contribution in [3.63, 3.8) is 0 Å². The maximum absolute atomic E-state index is 11.9. The summed E-state index contributed by atoms with van der Waals surface area (Å²) in [4.78, 5) is 47.0. The molecule has 1 heterocycles. The Morgan fingerprint density at radius 3 is 1.72 bits per heavy atom. The summed E-state index contributed by atoms with van der Waals surface area (Å²) in [6.45, 7) is 4.39. The number of carbonyl (C=O) groups excluding carboxylic acids is 4. The van der Waals surface area contributed by atoms with Crippen molar-refractivity contribution in [1.29, 1.82) is 0 Å². The van der Waals surface area contributed by atoms with Gasteiger partial charge < -0.3 is 28.4 Å². The lowest BCUT2D eigenvalue weighted by Gasteiger charge is -2.44. The molecule has 1 aromatic carbocycles. The topological polar surface area (TPSA) is 167 Å². The van der Waals surface area contributed by atoms with E-state index in [1.54, 1.807) is 0 Å². The van der Waals surface area contributed by atoms with Gasteiger partial charge in [0.15, 0.2) is 24.6 Å². The molecule has 0 N–H and O–H groups in total. The number of rotatable bonds is 13. The highest BCUT2D eigenvalue weighted by atomic mass is 32.2. The van der Waals surface area contributed by atoms with E-state index in [4.69, 9.17) is 32.6 Å². The molecule has 218 valence electrons. The molecule has 13 nitrogen and oxygen atoms in total. The van der Waals surface area contributed by atoms with Crippen molar-refractivity contribution < 1.29 is 60.2 Å². The quantitative estimate of drug-likeness (QED) is 0.185. The van der Waals surface area contributed by atoms with Crippen LogP contribution in [0.1, 0.15) is 38.8 Å². The first-order chi connectivity index (χ1) is 18.2. The minimum absolute atomic E-state index is 0.0319. The summed E-state index contributed by atoms with van der Waals surface area (Å²) < 4.78 is 59.8. The Morgan fingerprint density at radius 1 is 0.744 bits per heavy atom. The third kappa shape index (κ3) is 11.7. The number of benzene rings is 1. The lowest BCUT2D eigenvalue weighted by atomic mass is 9.98. The second-order valence-corrected chi connectivity index (χ2v) is 10.4. The van der Waals surface area contributed by atoms with Crippen LogP contribution in [0.2, 0.25) is 0 Å². The van der Waals surface area contributed by atoms with E-state index in [1.165, 1.54) is 6.92 Å². The number of hydrogen-bond acceptors (Lipinski definition) is 13. The molecule has 0 aliphatic carbocycles. The molecule has 1 fully saturated rings. The van der Waals surface area contributed by atoms with Crippen molar-refractivity contribution in [2.24, 2.45) is 0 Å². The SMILES string of the molecule is CC(=O)OC[C@H]1O[C@@H](OCCc2ccc(CCOS(C)(=O)=O)cc2)[C@H](OC(C)=O)[C@@H](OC(C)=O)[C@@H]1OC(C)=O. The third-order valence-electron chi connectivity index (χ3n) is 5.33. The van der Waals surface area contributed by atoms with Crippen molar-refractivity contribution in [2.75, 3.05) is 26.1 Å². The van der Waals surface area contributed by atoms with Crippen molar-refractivity contribution in [1.82, 2.24) is 0 Å². The van der Waals surface area contributed by atoms with Crippen LogP contribution in [-0.4, -0.2) is 89.1 Å². The van der Waals surface area contributed by atoms with Crippen molar-refractivity contribution in [3.05, 3.63) is 35.4 Å². The molecule has 0 spiro atoms. The fraction of sp³-hybridized carbons (Fsp3) is 0.600. The third-order valence-corrected chi connectivity index (χ3v) is 5.93. The summed E-state index contributed by atoms with van der Waals surface area (Å²) in [6.07, 6.45) is -4.38. The molecule has 1 aromatic rings. The Labute approximate surface area is 227 Å². The lowest BCUT2D eigenvalue weighted by molar-refractivity contribution is -0.307. The van der Waals surface area contributed by atoms with Gasteiger partial charge in [-0.1, -0.05) is 24.3 Å². The van der Waals surface area contributed by atoms with Gasteiger partial charge in [-0.05, 0) is 24.0 Å². The van der Waals surface area contributed by atoms with Gasteiger partial charge in [-0.2, -0.15) is 8.42 Å². The molecule has 14 heteroatoms. The molecule has 1 saturated heterocycles. The van der Waals surface area contributed by atoms with Crippen LogP contribution in [-0.2, 0) is 74.7 Å². The van der Waals surface area contributed by atoms with E-state index < -0.39 is 64.7 Å². The summed E-state index contributed by atoms with van der Waals surface area (Å²) in [5.41, 5.74) is 1.76. The molecule has 1 aliphatic rings. The molecule has 0 unspecified atom stereocenters. The van der Waals surface area contributed by atoms with E-state index in [2.05, 4.69) is 0 Å². The molecule has 0 saturated carbocycles. The van der Waals surface area contributed by atoms with Crippen LogP contribution in [0.5, 0.6) is 0 Å². The van der Waals surface area contributed by atoms with E-state index in [0.29, 0.717) is 12.8 Å². The van der Waals surface area contributed by atoms with Crippen molar-refractivity contribution in [2.45, 2.75) is 71.2 Å². The van der Waals surface area contributed by atoms with E-state index >= 15 is 0 Å². The number of ether oxygens (including phenoxy) is 6. The first-order valence-electron chi connectivity index (χ1n) is 12.1. The Balaban J connectivity index is 2.15. The highest BCUT2D eigenvalue weighted by Crippen LogP contribution is 2.30. The maximum atomic E-state index is 11.9. The summed E-state index contributed by atoms with van der Waals surface area (Å²) in [6, 6.07) is 7.34. The summed E-state index contributed by atoms with van der Waals surface area (Å²) in [5.74, 6) is -2.79. The van der Waals surface area contributed by atoms with E-state index in [0.717, 1.165) is 38.2 Å². The van der Waals surface area contributed by atoms with E-state index in [9.17, 15) is 27.6 Å². The molecule has 1 aliphatic heterocycles. The first kappa shape index (κ1) is 32.1. The van der Waals surface area contributed by atoms with Gasteiger partial charge in [-0.15, -0.1) is 0 Å². The van der Waals surface area contributed by atoms with E-state index in [1.807, 2.05) is 24.3 Å². The smallest absolute Gasteiger partial charge is 0.303 e. The zero-order valence-corrected chi connectivity index (χ0v) is 23.3. The molecular formula is C25H34O13S. The lowest BCUT2D eigenvalue weighted by Crippen LogP contribution is -2.63. The minimum Gasteiger partial charge on any atom is -0.463 e. The van der Waals surface area contributed by atoms with Crippen LogP contribution in [0.3, 0.4) is 0 Å². The molecule has 5 atom stereocenters. The van der Waals surface area contributed by atoms with Crippen LogP contribution in [0.25, 0.3) is 0 Å². The molecule has 2 rings (SSSR count). The van der Waals surface area contributed by atoms with Crippen LogP contribution >= 0.6 is 0 Å². The van der Waals surface area contributed by atoms with Crippen molar-refractivity contribution >= 4 is 34.0 Å². The second-order valence-electron chi connectivity index (χ2n) is 8.78. The van der Waals surface area contributed by atoms with Gasteiger partial charge in [0.2, 0.25) is 0 Å². The maximum Gasteiger partial charge on any atom is 0.303 e. The van der Waals surface area contributed by atoms with Crippen LogP contribution in [0, 0.1) is 0 Å². The van der Waals surface area contributed by atoms with Crippen LogP contribution in [0.15, 0.2) is 24.3 Å². The Kier molecular flexibility index (Phi) is 12.3. The van der Waals surface area contributed by atoms with Gasteiger partial charge in [0.1, 0.15) is 12.7 Å². The molecule has 0 aromatic heterocycles. The van der Waals surface area contributed by atoms with E-state index in [-0.39, 0.29) is 19.8 Å². The standard InChI is InChI=1S/C25H34O13S/c1-15(26)33-14-21-22(35-16(2)27)23(36-17(3)28)24(37-18(4)29)25(38-21)32-12-10-19-6-8-20(9-7-19)11-13-34-39(5,30)31/h6-9,21-25H,10-14H2,1-5H3/t21-,22-,23+,24-,25-/m1/s1. The van der Waals surface area contributed by atoms with Gasteiger partial charge in [-0.3, -0.25) is 23.4 Å². The Morgan fingerprint density at radius 2 is 1.23 bits per heavy atom. The number of hydrogen-bond donors (Lipinski definition) is 0. The summed E-state index contributed by atoms with van der Waals surface area (Å²) in [7, 11) is -3.51. The molecular weight excluding hydrogens is 540 g/mol. The predicted octanol–water partition coefficient (Wildman–Crippen LogP) is 0.848. The fourth-order valence-corrected chi connectivity index (χ4v) is 4.19. The highest BCUT2D eigenvalue weighted by molar-refractivity contribution is 7.85. The number of esters is 4.